The van der Waals surface area contributed by atoms with E-state index in [1.165, 1.54) is 0 Å². The molecule has 3 aromatic carbocycles. The molecule has 0 unspecified atom stereocenters. The molecule has 0 saturated carbocycles. The lowest BCUT2D eigenvalue weighted by Gasteiger charge is -2.12. The number of hydrogen-bond acceptors (Lipinski definition) is 4. The number of benzene rings is 3. The van der Waals surface area contributed by atoms with Crippen molar-refractivity contribution in [2.24, 2.45) is 0 Å². The molecule has 2 N–H and O–H groups in total. The number of ether oxygens (including phenoxy) is 1. The van der Waals surface area contributed by atoms with Gasteiger partial charge in [-0.25, -0.2) is 0 Å². The lowest BCUT2D eigenvalue weighted by atomic mass is 10.1. The number of nitrogens with one attached hydrogen (secondary N) is 2. The Hall–Kier alpha value is -3.71. The Morgan fingerprint density at radius 3 is 2.61 bits per heavy atom. The van der Waals surface area contributed by atoms with Gasteiger partial charge in [0.1, 0.15) is 12.4 Å². The second kappa shape index (κ2) is 10.7. The summed E-state index contributed by atoms with van der Waals surface area (Å²) in [6.07, 6.45) is 0.299. The molecule has 4 rings (SSSR count). The van der Waals surface area contributed by atoms with Crippen molar-refractivity contribution in [1.82, 2.24) is 20.1 Å². The van der Waals surface area contributed by atoms with Crippen molar-refractivity contribution in [2.75, 3.05) is 13.2 Å². The van der Waals surface area contributed by atoms with Gasteiger partial charge < -0.3 is 10.1 Å². The van der Waals surface area contributed by atoms with E-state index in [9.17, 15) is 4.79 Å². The highest BCUT2D eigenvalue weighted by Crippen LogP contribution is 2.29. The van der Waals surface area contributed by atoms with Gasteiger partial charge >= 0.3 is 0 Å². The van der Waals surface area contributed by atoms with Crippen LogP contribution in [-0.4, -0.2) is 33.8 Å². The van der Waals surface area contributed by atoms with Crippen LogP contribution in [0.2, 0.25) is 0 Å². The lowest BCUT2D eigenvalue weighted by Crippen LogP contribution is -2.29. The van der Waals surface area contributed by atoms with Crippen molar-refractivity contribution < 1.29 is 9.53 Å². The van der Waals surface area contributed by atoms with Gasteiger partial charge in [-0.3, -0.25) is 14.5 Å². The third kappa shape index (κ3) is 5.75. The van der Waals surface area contributed by atoms with Gasteiger partial charge in [0.15, 0.2) is 10.6 Å². The van der Waals surface area contributed by atoms with Gasteiger partial charge in [0, 0.05) is 24.1 Å². The molecule has 6 nitrogen and oxygen atoms in total. The molecule has 0 aliphatic heterocycles. The third-order valence-electron chi connectivity index (χ3n) is 5.25. The van der Waals surface area contributed by atoms with Crippen LogP contribution in [0.15, 0.2) is 78.9 Å². The van der Waals surface area contributed by atoms with Crippen LogP contribution in [0.5, 0.6) is 5.75 Å². The van der Waals surface area contributed by atoms with Gasteiger partial charge in [0.25, 0.3) is 0 Å². The largest absolute Gasteiger partial charge is 0.491 e. The van der Waals surface area contributed by atoms with Gasteiger partial charge in [-0.1, -0.05) is 72.3 Å². The minimum atomic E-state index is -0.0618. The number of amides is 1. The van der Waals surface area contributed by atoms with Crippen LogP contribution in [-0.2, 0) is 11.3 Å². The first-order valence-corrected chi connectivity index (χ1v) is 11.3. The highest BCUT2D eigenvalue weighted by molar-refractivity contribution is 7.71. The fourth-order valence-corrected chi connectivity index (χ4v) is 3.85. The standard InChI is InChI=1S/C26H26N4O2S/c1-19-8-7-11-21(18-19)25-28-29-26(33)30(25)16-14-24(31)27-15-17-32-23-13-6-5-12-22(23)20-9-3-2-4-10-20/h2-13,18H,14-17H2,1H3,(H,27,31)(H,29,33). The van der Waals surface area contributed by atoms with E-state index < -0.39 is 0 Å². The maximum atomic E-state index is 12.4. The van der Waals surface area contributed by atoms with Gasteiger partial charge in [-0.15, -0.1) is 0 Å². The van der Waals surface area contributed by atoms with Crippen molar-refractivity contribution in [1.29, 1.82) is 0 Å². The SMILES string of the molecule is Cc1cccc(-c2n[nH]c(=S)n2CCC(=O)NCCOc2ccccc2-c2ccccc2)c1. The number of H-pyrrole nitrogens is 1. The Bertz CT molecular complexity index is 1280. The molecule has 0 aliphatic rings. The summed E-state index contributed by atoms with van der Waals surface area (Å²) in [5.41, 5.74) is 4.23. The number of aromatic nitrogens is 3. The maximum absolute atomic E-state index is 12.4. The molecule has 0 spiro atoms. The summed E-state index contributed by atoms with van der Waals surface area (Å²) in [4.78, 5) is 12.4. The van der Waals surface area contributed by atoms with Crippen LogP contribution in [0, 0.1) is 11.7 Å². The predicted octanol–water partition coefficient (Wildman–Crippen LogP) is 5.17. The molecule has 1 heterocycles. The Morgan fingerprint density at radius 2 is 1.79 bits per heavy atom. The number of para-hydroxylation sites is 1. The molecular formula is C26H26N4O2S. The van der Waals surface area contributed by atoms with Gasteiger partial charge in [0.05, 0.1) is 6.54 Å². The summed E-state index contributed by atoms with van der Waals surface area (Å²) < 4.78 is 8.31. The summed E-state index contributed by atoms with van der Waals surface area (Å²) >= 11 is 5.36. The van der Waals surface area contributed by atoms with Crippen LogP contribution in [0.4, 0.5) is 0 Å². The molecule has 1 amide bonds. The van der Waals surface area contributed by atoms with Crippen molar-refractivity contribution in [3.05, 3.63) is 89.2 Å². The van der Waals surface area contributed by atoms with Crippen molar-refractivity contribution in [2.45, 2.75) is 19.9 Å². The fraction of sp³-hybridized carbons (Fsp3) is 0.192. The molecule has 0 bridgehead atoms. The monoisotopic (exact) mass is 458 g/mol. The Morgan fingerprint density at radius 1 is 1.03 bits per heavy atom. The number of carbonyl (C=O) groups excluding carboxylic acids is 1. The average Bonchev–Trinajstić information content (AvgIpc) is 3.21. The first-order chi connectivity index (χ1) is 16.1. The van der Waals surface area contributed by atoms with Crippen LogP contribution in [0.1, 0.15) is 12.0 Å². The molecule has 33 heavy (non-hydrogen) atoms. The first kappa shape index (κ1) is 22.5. The van der Waals surface area contributed by atoms with Crippen LogP contribution < -0.4 is 10.1 Å². The minimum Gasteiger partial charge on any atom is -0.491 e. The minimum absolute atomic E-state index is 0.0618. The summed E-state index contributed by atoms with van der Waals surface area (Å²) in [5, 5.41) is 10.1. The van der Waals surface area contributed by atoms with Crippen molar-refractivity contribution in [3.8, 4) is 28.3 Å². The molecule has 0 aliphatic carbocycles. The smallest absolute Gasteiger partial charge is 0.221 e. The Kier molecular flexibility index (Phi) is 7.32. The molecule has 1 aromatic heterocycles. The van der Waals surface area contributed by atoms with E-state index in [-0.39, 0.29) is 5.91 Å². The van der Waals surface area contributed by atoms with E-state index in [2.05, 4.69) is 27.6 Å². The number of hydrogen-bond donors (Lipinski definition) is 2. The predicted molar refractivity (Wildman–Crippen MR) is 133 cm³/mol. The van der Waals surface area contributed by atoms with E-state index in [1.807, 2.05) is 78.2 Å². The van der Waals surface area contributed by atoms with Crippen molar-refractivity contribution in [3.63, 3.8) is 0 Å². The number of aromatic amines is 1. The quantitative estimate of drug-likeness (QED) is 0.268. The van der Waals surface area contributed by atoms with Gasteiger partial charge in [-0.2, -0.15) is 5.10 Å². The Balaban J connectivity index is 1.29. The Labute approximate surface area is 198 Å². The zero-order valence-electron chi connectivity index (χ0n) is 18.5. The molecule has 168 valence electrons. The number of rotatable bonds is 9. The molecule has 4 aromatic rings. The lowest BCUT2D eigenvalue weighted by molar-refractivity contribution is -0.121. The van der Waals surface area contributed by atoms with Gasteiger partial charge in [-0.05, 0) is 36.8 Å². The molecule has 0 atom stereocenters. The number of aryl methyl sites for hydroxylation is 1. The van der Waals surface area contributed by atoms with Gasteiger partial charge in [0.2, 0.25) is 5.91 Å². The third-order valence-corrected chi connectivity index (χ3v) is 5.56. The maximum Gasteiger partial charge on any atom is 0.221 e. The number of carbonyl (C=O) groups is 1. The normalized spacial score (nSPS) is 10.7. The van der Waals surface area contributed by atoms with Crippen molar-refractivity contribution >= 4 is 18.1 Å². The summed E-state index contributed by atoms with van der Waals surface area (Å²) in [6.45, 7) is 3.28. The second-order valence-corrected chi connectivity index (χ2v) is 8.07. The molecule has 0 fully saturated rings. The van der Waals surface area contributed by atoms with E-state index in [4.69, 9.17) is 17.0 Å². The molecule has 7 heteroatoms. The highest BCUT2D eigenvalue weighted by Gasteiger charge is 2.11. The zero-order chi connectivity index (χ0) is 23.0. The summed E-state index contributed by atoms with van der Waals surface area (Å²) in [5.74, 6) is 1.47. The molecular weight excluding hydrogens is 432 g/mol. The zero-order valence-corrected chi connectivity index (χ0v) is 19.3. The van der Waals surface area contributed by atoms with Crippen LogP contribution >= 0.6 is 12.2 Å². The van der Waals surface area contributed by atoms with E-state index in [0.717, 1.165) is 33.8 Å². The van der Waals surface area contributed by atoms with E-state index >= 15 is 0 Å². The topological polar surface area (TPSA) is 71.9 Å². The molecule has 0 saturated heterocycles. The number of nitrogens with zero attached hydrogens (tertiary/aromatic N) is 2. The average molecular weight is 459 g/mol. The molecule has 0 radical (unpaired) electrons. The van der Waals surface area contributed by atoms with E-state index in [0.29, 0.717) is 30.9 Å². The summed E-state index contributed by atoms with van der Waals surface area (Å²) in [7, 11) is 0. The fourth-order valence-electron chi connectivity index (χ4n) is 3.63. The highest BCUT2D eigenvalue weighted by atomic mass is 32.1. The first-order valence-electron chi connectivity index (χ1n) is 10.9. The second-order valence-electron chi connectivity index (χ2n) is 7.68. The van der Waals surface area contributed by atoms with Crippen LogP contribution in [0.25, 0.3) is 22.5 Å². The van der Waals surface area contributed by atoms with Crippen LogP contribution in [0.3, 0.4) is 0 Å². The summed E-state index contributed by atoms with van der Waals surface area (Å²) in [6, 6.07) is 26.1. The van der Waals surface area contributed by atoms with E-state index in [1.54, 1.807) is 0 Å².